The first-order chi connectivity index (χ1) is 25.6. The lowest BCUT2D eigenvalue weighted by atomic mass is 9.81. The molecule has 8 unspecified atom stereocenters. The number of nitrogens with zero attached hydrogens (tertiary/aromatic N) is 2. The average molecular weight is 727 g/mol. The molecule has 5 aliphatic rings. The highest BCUT2D eigenvalue weighted by atomic mass is 32.2. The molecule has 2 aliphatic heterocycles. The van der Waals surface area contributed by atoms with Crippen molar-refractivity contribution in [3.63, 3.8) is 0 Å². The Morgan fingerprint density at radius 3 is 1.37 bits per heavy atom. The van der Waals surface area contributed by atoms with Crippen LogP contribution < -0.4 is 20.7 Å². The third-order valence-electron chi connectivity index (χ3n) is 13.0. The van der Waals surface area contributed by atoms with Crippen LogP contribution in [0.1, 0.15) is 64.2 Å². The Bertz CT molecular complexity index is 2320. The quantitative estimate of drug-likeness (QED) is 0.164. The monoisotopic (exact) mass is 726 g/mol. The van der Waals surface area contributed by atoms with Crippen LogP contribution >= 0.6 is 23.5 Å². The van der Waals surface area contributed by atoms with Crippen molar-refractivity contribution in [2.24, 2.45) is 0 Å². The maximum atomic E-state index is 13.8. The van der Waals surface area contributed by atoms with E-state index in [0.717, 1.165) is 12.8 Å². The lowest BCUT2D eigenvalue weighted by Crippen LogP contribution is -2.67. The van der Waals surface area contributed by atoms with Gasteiger partial charge in [-0.15, -0.1) is 0 Å². The van der Waals surface area contributed by atoms with Gasteiger partial charge in [0, 0.05) is 56.5 Å². The van der Waals surface area contributed by atoms with Crippen LogP contribution in [0.2, 0.25) is 0 Å². The number of para-hydroxylation sites is 2. The van der Waals surface area contributed by atoms with Gasteiger partial charge in [0.05, 0.1) is 21.5 Å². The molecule has 6 nitrogen and oxygen atoms in total. The van der Waals surface area contributed by atoms with Crippen molar-refractivity contribution < 1.29 is 8.83 Å². The summed E-state index contributed by atoms with van der Waals surface area (Å²) >= 11 is 4.54. The zero-order valence-corrected chi connectivity index (χ0v) is 30.7. The molecule has 6 aromatic rings. The van der Waals surface area contributed by atoms with Crippen molar-refractivity contribution in [3.8, 4) is 0 Å². The standard InChI is InChI=1S/C44H42N2O4S2/c47-43-27-9-1-5-13-35(27)49-37-19-17-25(21-29(37)43)45-31-11-3-7-15-39(31)51-41-24-34-42(23-33(41)45)52-40-16-8-4-12-32(40)46(34)26-18-20-38-30(22-26)44(48)28-10-2-6-14-36(28)50-38/h1-2,5-6,9-10,13-14,17-22,31-34,39-42H,3-4,7-8,11-12,15-16,23-24H2. The summed E-state index contributed by atoms with van der Waals surface area (Å²) in [4.78, 5) is 33.2. The van der Waals surface area contributed by atoms with E-state index in [-0.39, 0.29) is 10.9 Å². The molecule has 5 fully saturated rings. The first-order valence-corrected chi connectivity index (χ1v) is 21.3. The van der Waals surface area contributed by atoms with Gasteiger partial charge >= 0.3 is 0 Å². The van der Waals surface area contributed by atoms with Gasteiger partial charge in [-0.1, -0.05) is 49.9 Å². The fourth-order valence-corrected chi connectivity index (χ4v) is 14.6. The Kier molecular flexibility index (Phi) is 7.51. The second-order valence-corrected chi connectivity index (χ2v) is 18.7. The van der Waals surface area contributed by atoms with Gasteiger partial charge in [0.1, 0.15) is 22.3 Å². The minimum atomic E-state index is 0.0600. The molecule has 3 aliphatic carbocycles. The van der Waals surface area contributed by atoms with Gasteiger partial charge in [-0.25, -0.2) is 0 Å². The predicted molar refractivity (Wildman–Crippen MR) is 217 cm³/mol. The molecule has 4 heterocycles. The number of benzene rings is 4. The number of rotatable bonds is 2. The second kappa shape index (κ2) is 12.3. The largest absolute Gasteiger partial charge is 0.456 e. The summed E-state index contributed by atoms with van der Waals surface area (Å²) in [5, 5.41) is 4.81. The van der Waals surface area contributed by atoms with Crippen molar-refractivity contribution in [1.82, 2.24) is 0 Å². The molecule has 2 aromatic heterocycles. The zero-order valence-electron chi connectivity index (χ0n) is 29.1. The third-order valence-corrected chi connectivity index (χ3v) is 16.5. The van der Waals surface area contributed by atoms with E-state index in [1.807, 2.05) is 60.7 Å². The highest BCUT2D eigenvalue weighted by Gasteiger charge is 2.54. The van der Waals surface area contributed by atoms with Crippen LogP contribution in [-0.4, -0.2) is 45.2 Å². The Labute approximate surface area is 310 Å². The van der Waals surface area contributed by atoms with Gasteiger partial charge in [-0.05, 0) is 99.2 Å². The highest BCUT2D eigenvalue weighted by Crippen LogP contribution is 2.54. The summed E-state index contributed by atoms with van der Waals surface area (Å²) in [5.74, 6) is 0. The van der Waals surface area contributed by atoms with Crippen LogP contribution in [0.25, 0.3) is 43.9 Å². The molecule has 264 valence electrons. The maximum Gasteiger partial charge on any atom is 0.200 e. The third kappa shape index (κ3) is 4.92. The molecule has 52 heavy (non-hydrogen) atoms. The summed E-state index contributed by atoms with van der Waals surface area (Å²) in [6, 6.07) is 29.8. The van der Waals surface area contributed by atoms with Crippen LogP contribution in [0.3, 0.4) is 0 Å². The fourth-order valence-electron chi connectivity index (χ4n) is 10.7. The molecule has 0 amide bonds. The van der Waals surface area contributed by atoms with Crippen molar-refractivity contribution in [1.29, 1.82) is 0 Å². The Balaban J connectivity index is 1.00. The van der Waals surface area contributed by atoms with Crippen molar-refractivity contribution in [2.45, 2.75) is 109 Å². The van der Waals surface area contributed by atoms with Gasteiger partial charge < -0.3 is 18.6 Å². The Morgan fingerprint density at radius 1 is 0.462 bits per heavy atom. The molecule has 0 N–H and O–H groups in total. The summed E-state index contributed by atoms with van der Waals surface area (Å²) in [7, 11) is 0. The normalized spacial score (nSPS) is 30.2. The van der Waals surface area contributed by atoms with Gasteiger partial charge in [0.15, 0.2) is 0 Å². The van der Waals surface area contributed by atoms with Gasteiger partial charge in [0.2, 0.25) is 10.9 Å². The van der Waals surface area contributed by atoms with E-state index >= 15 is 0 Å². The van der Waals surface area contributed by atoms with Crippen LogP contribution in [0.4, 0.5) is 11.4 Å². The van der Waals surface area contributed by atoms with Crippen LogP contribution in [-0.2, 0) is 0 Å². The number of hydrogen-bond acceptors (Lipinski definition) is 8. The zero-order chi connectivity index (χ0) is 34.5. The lowest BCUT2D eigenvalue weighted by Gasteiger charge is -2.61. The minimum Gasteiger partial charge on any atom is -0.456 e. The molecule has 4 aromatic carbocycles. The van der Waals surface area contributed by atoms with E-state index < -0.39 is 0 Å². The van der Waals surface area contributed by atoms with Crippen molar-refractivity contribution in [3.05, 3.63) is 105 Å². The molecular formula is C44H42N2O4S2. The molecule has 3 saturated carbocycles. The maximum absolute atomic E-state index is 13.8. The van der Waals surface area contributed by atoms with E-state index in [9.17, 15) is 9.59 Å². The van der Waals surface area contributed by atoms with Crippen LogP contribution in [0.5, 0.6) is 0 Å². The highest BCUT2D eigenvalue weighted by molar-refractivity contribution is 8.01. The molecular weight excluding hydrogens is 685 g/mol. The van der Waals surface area contributed by atoms with E-state index in [1.54, 1.807) is 0 Å². The van der Waals surface area contributed by atoms with E-state index in [1.165, 1.54) is 62.7 Å². The molecule has 11 rings (SSSR count). The number of fused-ring (bicyclic) bond motifs is 8. The van der Waals surface area contributed by atoms with Crippen molar-refractivity contribution in [2.75, 3.05) is 9.80 Å². The first kappa shape index (κ1) is 31.6. The molecule has 8 heteroatoms. The molecule has 0 spiro atoms. The van der Waals surface area contributed by atoms with Crippen LogP contribution in [0.15, 0.2) is 103 Å². The van der Waals surface area contributed by atoms with E-state index in [0.29, 0.717) is 89.0 Å². The first-order valence-electron chi connectivity index (χ1n) is 19.4. The summed E-state index contributed by atoms with van der Waals surface area (Å²) in [5.41, 5.74) is 5.11. The average Bonchev–Trinajstić information content (AvgIpc) is 3.18. The lowest BCUT2D eigenvalue weighted by molar-refractivity contribution is 0.287. The smallest absolute Gasteiger partial charge is 0.200 e. The number of thioether (sulfide) groups is 2. The van der Waals surface area contributed by atoms with E-state index in [4.69, 9.17) is 8.83 Å². The molecule has 2 saturated heterocycles. The Morgan fingerprint density at radius 2 is 0.885 bits per heavy atom. The molecule has 0 bridgehead atoms. The van der Waals surface area contributed by atoms with E-state index in [2.05, 4.69) is 57.6 Å². The topological polar surface area (TPSA) is 66.9 Å². The van der Waals surface area contributed by atoms with Gasteiger partial charge in [-0.3, -0.25) is 9.59 Å². The number of hydrogen-bond donors (Lipinski definition) is 0. The predicted octanol–water partition coefficient (Wildman–Crippen LogP) is 9.90. The second-order valence-electron chi connectivity index (χ2n) is 15.8. The van der Waals surface area contributed by atoms with Crippen molar-refractivity contribution >= 4 is 78.8 Å². The van der Waals surface area contributed by atoms with Gasteiger partial charge in [0.25, 0.3) is 0 Å². The molecule has 8 atom stereocenters. The minimum absolute atomic E-state index is 0.0600. The summed E-state index contributed by atoms with van der Waals surface area (Å²) in [6.45, 7) is 0. The summed E-state index contributed by atoms with van der Waals surface area (Å²) in [6.07, 6.45) is 12.3. The van der Waals surface area contributed by atoms with Gasteiger partial charge in [-0.2, -0.15) is 23.5 Å². The van der Waals surface area contributed by atoms with Crippen LogP contribution in [0, 0.1) is 0 Å². The Hall–Kier alpha value is -3.88. The SMILES string of the molecule is O=c1c2ccccc2oc2ccc(N3C4CCCCC4SC4CC5C(CC43)SC3CCCCC3N5c3ccc4oc5ccccc5c(=O)c4c3)cc12. The fraction of sp³-hybridized carbons (Fsp3) is 0.409. The number of anilines is 2. The molecule has 0 radical (unpaired) electrons. The summed E-state index contributed by atoms with van der Waals surface area (Å²) < 4.78 is 12.5.